The molecule has 5 rings (SSSR count). The van der Waals surface area contributed by atoms with Gasteiger partial charge in [-0.05, 0) is 50.1 Å². The number of carbonyl (C=O) groups excluding carboxylic acids is 2. The van der Waals surface area contributed by atoms with Gasteiger partial charge in [0.1, 0.15) is 22.7 Å². The lowest BCUT2D eigenvalue weighted by Crippen LogP contribution is -2.65. The Morgan fingerprint density at radius 1 is 1.27 bits per heavy atom. The van der Waals surface area contributed by atoms with E-state index in [1.165, 1.54) is 12.0 Å². The number of fused-ring (bicyclic) bond motifs is 1. The second kappa shape index (κ2) is 8.26. The van der Waals surface area contributed by atoms with Crippen LogP contribution in [-0.2, 0) is 11.3 Å². The molecule has 2 aromatic heterocycles. The summed E-state index contributed by atoms with van der Waals surface area (Å²) in [5.41, 5.74) is 0.217. The molecule has 8 nitrogen and oxygen atoms in total. The zero-order valence-electron chi connectivity index (χ0n) is 18.5. The first-order chi connectivity index (χ1) is 15.9. The molecule has 0 saturated heterocycles. The van der Waals surface area contributed by atoms with Crippen molar-refractivity contribution in [2.45, 2.75) is 50.7 Å². The molecule has 9 heteroatoms. The van der Waals surface area contributed by atoms with Crippen LogP contribution in [0.25, 0.3) is 11.5 Å². The number of furan rings is 1. The zero-order valence-corrected chi connectivity index (χ0v) is 19.3. The second-order valence-electron chi connectivity index (χ2n) is 8.74. The summed E-state index contributed by atoms with van der Waals surface area (Å²) in [6.07, 6.45) is 5.63. The van der Waals surface area contributed by atoms with Gasteiger partial charge in [-0.3, -0.25) is 19.2 Å². The minimum atomic E-state index is -1.21. The third-order valence-electron chi connectivity index (χ3n) is 6.50. The molecule has 172 valence electrons. The largest absolute Gasteiger partial charge is 0.495 e. The lowest BCUT2D eigenvalue weighted by Gasteiger charge is -2.43. The summed E-state index contributed by atoms with van der Waals surface area (Å²) in [6, 6.07) is 10.4. The van der Waals surface area contributed by atoms with Crippen molar-refractivity contribution >= 4 is 29.1 Å². The number of nitrogens with zero attached hydrogens (tertiary/aromatic N) is 3. The van der Waals surface area contributed by atoms with Gasteiger partial charge in [0.05, 0.1) is 24.9 Å². The van der Waals surface area contributed by atoms with E-state index in [-0.39, 0.29) is 24.4 Å². The Kier molecular flexibility index (Phi) is 5.40. The molecule has 1 aromatic carbocycles. The molecular formula is C24H25ClN4O4. The van der Waals surface area contributed by atoms with E-state index in [4.69, 9.17) is 20.8 Å². The minimum Gasteiger partial charge on any atom is -0.495 e. The lowest BCUT2D eigenvalue weighted by molar-refractivity contribution is -0.127. The van der Waals surface area contributed by atoms with Crippen molar-refractivity contribution < 1.29 is 18.7 Å². The van der Waals surface area contributed by atoms with Gasteiger partial charge in [0.2, 0.25) is 5.91 Å². The lowest BCUT2D eigenvalue weighted by atomic mass is 9.93. The summed E-state index contributed by atoms with van der Waals surface area (Å²) in [5.74, 6) is 0.500. The summed E-state index contributed by atoms with van der Waals surface area (Å²) >= 11 is 6.39. The Labute approximate surface area is 196 Å². The van der Waals surface area contributed by atoms with Crippen LogP contribution < -0.4 is 15.0 Å². The number of benzene rings is 1. The van der Waals surface area contributed by atoms with Crippen molar-refractivity contribution in [1.29, 1.82) is 0 Å². The van der Waals surface area contributed by atoms with E-state index in [0.29, 0.717) is 33.6 Å². The molecule has 3 aromatic rings. The highest BCUT2D eigenvalue weighted by atomic mass is 35.5. The maximum atomic E-state index is 13.8. The van der Waals surface area contributed by atoms with Crippen molar-refractivity contribution in [3.8, 4) is 17.2 Å². The van der Waals surface area contributed by atoms with Gasteiger partial charge in [-0.15, -0.1) is 0 Å². The van der Waals surface area contributed by atoms with Gasteiger partial charge in [0.25, 0.3) is 5.91 Å². The molecular weight excluding hydrogens is 444 g/mol. The number of hydrogen-bond donors (Lipinski definition) is 1. The van der Waals surface area contributed by atoms with Crippen LogP contribution >= 0.6 is 11.6 Å². The number of aromatic nitrogens is 2. The Bertz CT molecular complexity index is 1200. The molecule has 2 aliphatic rings. The number of hydrogen-bond acceptors (Lipinski definition) is 5. The minimum absolute atomic E-state index is 0.114. The van der Waals surface area contributed by atoms with E-state index in [1.807, 2.05) is 0 Å². The fraction of sp³-hybridized carbons (Fsp3) is 0.375. The molecule has 1 aliphatic heterocycles. The molecule has 0 bridgehead atoms. The van der Waals surface area contributed by atoms with Crippen LogP contribution in [0.4, 0.5) is 5.69 Å². The van der Waals surface area contributed by atoms with Gasteiger partial charge in [0, 0.05) is 17.8 Å². The van der Waals surface area contributed by atoms with E-state index in [0.717, 1.165) is 25.7 Å². The van der Waals surface area contributed by atoms with Crippen molar-refractivity contribution in [1.82, 2.24) is 15.1 Å². The standard InChI is InChI=1S/C24H25ClN4O4/c1-24(23(31)26-15-6-3-4-7-15)14-28-19(13-18(27-28)21-8-5-11-33-21)22(30)29(24)16-9-10-20(32-2)17(25)12-16/h5,8-13,15H,3-4,6-7,14H2,1-2H3,(H,26,31). The van der Waals surface area contributed by atoms with Crippen LogP contribution in [0.15, 0.2) is 47.1 Å². The van der Waals surface area contributed by atoms with Gasteiger partial charge < -0.3 is 14.5 Å². The molecule has 0 spiro atoms. The van der Waals surface area contributed by atoms with Gasteiger partial charge in [-0.25, -0.2) is 0 Å². The van der Waals surface area contributed by atoms with Crippen LogP contribution in [0.3, 0.4) is 0 Å². The van der Waals surface area contributed by atoms with E-state index in [9.17, 15) is 9.59 Å². The predicted octanol–water partition coefficient (Wildman–Crippen LogP) is 4.28. The third-order valence-corrected chi connectivity index (χ3v) is 6.80. The first-order valence-electron chi connectivity index (χ1n) is 11.0. The highest BCUT2D eigenvalue weighted by Gasteiger charge is 2.49. The van der Waals surface area contributed by atoms with Crippen molar-refractivity contribution in [3.63, 3.8) is 0 Å². The zero-order chi connectivity index (χ0) is 23.2. The van der Waals surface area contributed by atoms with E-state index >= 15 is 0 Å². The molecule has 2 amide bonds. The number of amides is 2. The molecule has 3 heterocycles. The summed E-state index contributed by atoms with van der Waals surface area (Å²) in [5, 5.41) is 8.10. The van der Waals surface area contributed by atoms with Gasteiger partial charge in [-0.2, -0.15) is 5.10 Å². The van der Waals surface area contributed by atoms with Crippen molar-refractivity contribution in [3.05, 3.63) is 53.4 Å². The number of carbonyl (C=O) groups is 2. The van der Waals surface area contributed by atoms with E-state index < -0.39 is 5.54 Å². The van der Waals surface area contributed by atoms with Crippen molar-refractivity contribution in [2.75, 3.05) is 12.0 Å². The van der Waals surface area contributed by atoms with Gasteiger partial charge in [0.15, 0.2) is 5.76 Å². The van der Waals surface area contributed by atoms with E-state index in [2.05, 4.69) is 10.4 Å². The number of rotatable bonds is 5. The summed E-state index contributed by atoms with van der Waals surface area (Å²) in [4.78, 5) is 29.0. The highest BCUT2D eigenvalue weighted by Crippen LogP contribution is 2.37. The SMILES string of the molecule is COc1ccc(N2C(=O)c3cc(-c4ccco4)nn3CC2(C)C(=O)NC2CCCC2)cc1Cl. The highest BCUT2D eigenvalue weighted by molar-refractivity contribution is 6.32. The second-order valence-corrected chi connectivity index (χ2v) is 9.15. The molecule has 33 heavy (non-hydrogen) atoms. The molecule has 0 radical (unpaired) electrons. The topological polar surface area (TPSA) is 89.6 Å². The van der Waals surface area contributed by atoms with Crippen LogP contribution in [0.2, 0.25) is 5.02 Å². The molecule has 1 aliphatic carbocycles. The number of methoxy groups -OCH3 is 1. The van der Waals surface area contributed by atoms with Crippen molar-refractivity contribution in [2.24, 2.45) is 0 Å². The maximum Gasteiger partial charge on any atom is 0.277 e. The quantitative estimate of drug-likeness (QED) is 0.603. The Balaban J connectivity index is 1.59. The van der Waals surface area contributed by atoms with Crippen LogP contribution in [0.5, 0.6) is 5.75 Å². The smallest absolute Gasteiger partial charge is 0.277 e. The fourth-order valence-electron chi connectivity index (χ4n) is 4.74. The van der Waals surface area contributed by atoms with Gasteiger partial charge in [-0.1, -0.05) is 24.4 Å². The molecule has 1 atom stereocenters. The molecule has 1 N–H and O–H groups in total. The Hall–Kier alpha value is -3.26. The Morgan fingerprint density at radius 3 is 2.73 bits per heavy atom. The van der Waals surface area contributed by atoms with Crippen LogP contribution in [0, 0.1) is 0 Å². The molecule has 1 saturated carbocycles. The summed E-state index contributed by atoms with van der Waals surface area (Å²) < 4.78 is 12.3. The summed E-state index contributed by atoms with van der Waals surface area (Å²) in [6.45, 7) is 1.96. The molecule has 1 fully saturated rings. The summed E-state index contributed by atoms with van der Waals surface area (Å²) in [7, 11) is 1.53. The van der Waals surface area contributed by atoms with Crippen LogP contribution in [0.1, 0.15) is 43.1 Å². The molecule has 1 unspecified atom stereocenters. The number of anilines is 1. The normalized spacial score (nSPS) is 20.7. The number of halogens is 1. The first kappa shape index (κ1) is 21.6. The number of nitrogens with one attached hydrogen (secondary N) is 1. The average molecular weight is 469 g/mol. The third kappa shape index (κ3) is 3.68. The predicted molar refractivity (Wildman–Crippen MR) is 124 cm³/mol. The Morgan fingerprint density at radius 2 is 2.06 bits per heavy atom. The number of ether oxygens (including phenoxy) is 1. The van der Waals surface area contributed by atoms with Gasteiger partial charge >= 0.3 is 0 Å². The van der Waals surface area contributed by atoms with E-state index in [1.54, 1.807) is 54.3 Å². The monoisotopic (exact) mass is 468 g/mol. The fourth-order valence-corrected chi connectivity index (χ4v) is 4.99. The van der Waals surface area contributed by atoms with Crippen LogP contribution in [-0.4, -0.2) is 40.3 Å². The average Bonchev–Trinajstić information content (AvgIpc) is 3.55. The first-order valence-corrected chi connectivity index (χ1v) is 11.4. The maximum absolute atomic E-state index is 13.8.